The molecule has 1 aromatic heterocycles. The molecular formula is C21H21ClN2O2S. The summed E-state index contributed by atoms with van der Waals surface area (Å²) in [5, 5.41) is 4.57. The van der Waals surface area contributed by atoms with Crippen LogP contribution in [0.2, 0.25) is 5.02 Å². The van der Waals surface area contributed by atoms with Crippen molar-refractivity contribution in [2.75, 3.05) is 11.9 Å². The van der Waals surface area contributed by atoms with Crippen LogP contribution < -0.4 is 10.1 Å². The number of thiocarbonyl (C=S) groups is 1. The number of hydrogen-bond donors (Lipinski definition) is 1. The highest BCUT2D eigenvalue weighted by Crippen LogP contribution is 2.18. The summed E-state index contributed by atoms with van der Waals surface area (Å²) in [7, 11) is 0. The number of ether oxygens (including phenoxy) is 1. The number of benzene rings is 2. The van der Waals surface area contributed by atoms with Gasteiger partial charge in [-0.05, 0) is 73.2 Å². The Morgan fingerprint density at radius 2 is 1.81 bits per heavy atom. The van der Waals surface area contributed by atoms with Gasteiger partial charge in [0.05, 0.1) is 19.4 Å². The van der Waals surface area contributed by atoms with Crippen molar-refractivity contribution in [2.45, 2.75) is 20.0 Å². The van der Waals surface area contributed by atoms with E-state index in [1.165, 1.54) is 0 Å². The van der Waals surface area contributed by atoms with Crippen LogP contribution in [0.15, 0.2) is 71.3 Å². The summed E-state index contributed by atoms with van der Waals surface area (Å²) in [6, 6.07) is 19.3. The summed E-state index contributed by atoms with van der Waals surface area (Å²) in [6.07, 6.45) is 1.67. The van der Waals surface area contributed by atoms with Crippen LogP contribution in [0.3, 0.4) is 0 Å². The Bertz CT molecular complexity index is 849. The molecule has 0 saturated carbocycles. The van der Waals surface area contributed by atoms with Crippen LogP contribution in [0.1, 0.15) is 18.2 Å². The van der Waals surface area contributed by atoms with Gasteiger partial charge in [0.15, 0.2) is 5.11 Å². The average molecular weight is 401 g/mol. The van der Waals surface area contributed by atoms with Gasteiger partial charge in [-0.15, -0.1) is 0 Å². The highest BCUT2D eigenvalue weighted by Gasteiger charge is 2.13. The summed E-state index contributed by atoms with van der Waals surface area (Å²) >= 11 is 11.6. The molecule has 0 amide bonds. The lowest BCUT2D eigenvalue weighted by Gasteiger charge is -2.25. The molecule has 0 unspecified atom stereocenters. The zero-order chi connectivity index (χ0) is 19.1. The minimum atomic E-state index is 0.569. The highest BCUT2D eigenvalue weighted by atomic mass is 35.5. The predicted octanol–water partition coefficient (Wildman–Crippen LogP) is 5.73. The van der Waals surface area contributed by atoms with E-state index in [0.717, 1.165) is 22.8 Å². The molecule has 1 heterocycles. The minimum Gasteiger partial charge on any atom is -0.494 e. The first-order chi connectivity index (χ1) is 13.1. The normalized spacial score (nSPS) is 10.4. The Morgan fingerprint density at radius 1 is 1.07 bits per heavy atom. The second-order valence-corrected chi connectivity index (χ2v) is 6.77. The summed E-state index contributed by atoms with van der Waals surface area (Å²) in [6.45, 7) is 3.84. The molecule has 0 bridgehead atoms. The van der Waals surface area contributed by atoms with Gasteiger partial charge < -0.3 is 19.4 Å². The van der Waals surface area contributed by atoms with Gasteiger partial charge in [-0.25, -0.2) is 0 Å². The molecule has 3 rings (SSSR count). The van der Waals surface area contributed by atoms with Crippen molar-refractivity contribution < 1.29 is 9.15 Å². The fourth-order valence-electron chi connectivity index (χ4n) is 2.60. The van der Waals surface area contributed by atoms with Crippen molar-refractivity contribution in [1.29, 1.82) is 0 Å². The average Bonchev–Trinajstić information content (AvgIpc) is 3.18. The van der Waals surface area contributed by atoms with Crippen LogP contribution in [0.5, 0.6) is 5.75 Å². The third-order valence-corrected chi connectivity index (χ3v) is 4.53. The Hall–Kier alpha value is -2.50. The summed E-state index contributed by atoms with van der Waals surface area (Å²) in [5.74, 6) is 1.71. The topological polar surface area (TPSA) is 37.6 Å². The smallest absolute Gasteiger partial charge is 0.174 e. The summed E-state index contributed by atoms with van der Waals surface area (Å²) in [4.78, 5) is 2.05. The Labute approximate surface area is 169 Å². The predicted molar refractivity (Wildman–Crippen MR) is 113 cm³/mol. The van der Waals surface area contributed by atoms with Gasteiger partial charge in [0.1, 0.15) is 11.5 Å². The fraction of sp³-hybridized carbons (Fsp3) is 0.190. The van der Waals surface area contributed by atoms with Crippen molar-refractivity contribution in [3.05, 3.63) is 83.3 Å². The number of halogens is 1. The molecule has 6 heteroatoms. The van der Waals surface area contributed by atoms with Crippen LogP contribution in [0.4, 0.5) is 5.69 Å². The molecule has 0 saturated heterocycles. The van der Waals surface area contributed by atoms with Gasteiger partial charge in [0.2, 0.25) is 0 Å². The van der Waals surface area contributed by atoms with E-state index in [-0.39, 0.29) is 0 Å². The number of rotatable bonds is 7. The maximum atomic E-state index is 5.95. The summed E-state index contributed by atoms with van der Waals surface area (Å²) < 4.78 is 11.0. The molecule has 2 aromatic carbocycles. The maximum absolute atomic E-state index is 5.95. The van der Waals surface area contributed by atoms with E-state index >= 15 is 0 Å². The molecule has 3 aromatic rings. The third-order valence-electron chi connectivity index (χ3n) is 3.92. The van der Waals surface area contributed by atoms with Gasteiger partial charge in [-0.1, -0.05) is 23.7 Å². The lowest BCUT2D eigenvalue weighted by atomic mass is 10.2. The second kappa shape index (κ2) is 9.44. The minimum absolute atomic E-state index is 0.569. The van der Waals surface area contributed by atoms with Crippen molar-refractivity contribution in [1.82, 2.24) is 4.90 Å². The Kier molecular flexibility index (Phi) is 6.74. The van der Waals surface area contributed by atoms with Crippen LogP contribution in [0.25, 0.3) is 0 Å². The van der Waals surface area contributed by atoms with Crippen molar-refractivity contribution in [3.8, 4) is 5.75 Å². The molecule has 0 atom stereocenters. The lowest BCUT2D eigenvalue weighted by molar-refractivity contribution is 0.339. The van der Waals surface area contributed by atoms with Crippen LogP contribution in [-0.4, -0.2) is 16.6 Å². The number of nitrogens with zero attached hydrogens (tertiary/aromatic N) is 1. The van der Waals surface area contributed by atoms with E-state index in [0.29, 0.717) is 29.8 Å². The maximum Gasteiger partial charge on any atom is 0.174 e. The molecule has 27 heavy (non-hydrogen) atoms. The fourth-order valence-corrected chi connectivity index (χ4v) is 2.98. The van der Waals surface area contributed by atoms with Crippen molar-refractivity contribution in [3.63, 3.8) is 0 Å². The number of nitrogens with one attached hydrogen (secondary N) is 1. The SMILES string of the molecule is CCOc1ccc(CN(Cc2ccco2)C(=S)Nc2ccc(Cl)cc2)cc1. The monoisotopic (exact) mass is 400 g/mol. The Balaban J connectivity index is 1.73. The molecule has 0 spiro atoms. The first-order valence-electron chi connectivity index (χ1n) is 8.69. The van der Waals surface area contributed by atoms with Crippen molar-refractivity contribution in [2.24, 2.45) is 0 Å². The van der Waals surface area contributed by atoms with E-state index in [2.05, 4.69) is 10.2 Å². The largest absolute Gasteiger partial charge is 0.494 e. The number of hydrogen-bond acceptors (Lipinski definition) is 3. The number of anilines is 1. The van der Waals surface area contributed by atoms with Gasteiger partial charge in [0.25, 0.3) is 0 Å². The first-order valence-corrected chi connectivity index (χ1v) is 9.48. The Morgan fingerprint density at radius 3 is 2.44 bits per heavy atom. The lowest BCUT2D eigenvalue weighted by Crippen LogP contribution is -2.33. The van der Waals surface area contributed by atoms with Gasteiger partial charge in [-0.2, -0.15) is 0 Å². The number of furan rings is 1. The molecule has 0 aliphatic rings. The molecule has 0 aliphatic carbocycles. The standard InChI is InChI=1S/C21H21ClN2O2S/c1-2-25-19-11-5-16(6-12-19)14-24(15-20-4-3-13-26-20)21(27)23-18-9-7-17(22)8-10-18/h3-13H,2,14-15H2,1H3,(H,23,27). The zero-order valence-corrected chi connectivity index (χ0v) is 16.6. The van der Waals surface area contributed by atoms with Crippen LogP contribution >= 0.6 is 23.8 Å². The third kappa shape index (κ3) is 5.74. The van der Waals surface area contributed by atoms with Crippen molar-refractivity contribution >= 4 is 34.6 Å². The highest BCUT2D eigenvalue weighted by molar-refractivity contribution is 7.80. The molecule has 4 nitrogen and oxygen atoms in total. The molecular weight excluding hydrogens is 380 g/mol. The van der Waals surface area contributed by atoms with Gasteiger partial charge >= 0.3 is 0 Å². The van der Waals surface area contributed by atoms with Gasteiger partial charge in [0, 0.05) is 17.3 Å². The second-order valence-electron chi connectivity index (χ2n) is 5.95. The van der Waals surface area contributed by atoms with E-state index in [1.54, 1.807) is 6.26 Å². The summed E-state index contributed by atoms with van der Waals surface area (Å²) in [5.41, 5.74) is 2.02. The van der Waals surface area contributed by atoms with E-state index in [4.69, 9.17) is 33.0 Å². The first kappa shape index (κ1) is 19.3. The van der Waals surface area contributed by atoms with E-state index < -0.39 is 0 Å². The molecule has 0 fully saturated rings. The van der Waals surface area contributed by atoms with E-state index in [9.17, 15) is 0 Å². The van der Waals surface area contributed by atoms with E-state index in [1.807, 2.05) is 67.6 Å². The molecule has 1 N–H and O–H groups in total. The van der Waals surface area contributed by atoms with Gasteiger partial charge in [-0.3, -0.25) is 0 Å². The molecule has 0 aliphatic heterocycles. The molecule has 140 valence electrons. The zero-order valence-electron chi connectivity index (χ0n) is 15.0. The quantitative estimate of drug-likeness (QED) is 0.512. The van der Waals surface area contributed by atoms with Crippen LogP contribution in [-0.2, 0) is 13.1 Å². The van der Waals surface area contributed by atoms with Crippen LogP contribution in [0, 0.1) is 0 Å². The molecule has 0 radical (unpaired) electrons.